The molecule has 2 aliphatic rings. The van der Waals surface area contributed by atoms with Crippen molar-refractivity contribution >= 4 is 50.0 Å². The molecule has 0 aromatic heterocycles. The molecule has 2 aliphatic heterocycles. The zero-order valence-corrected chi connectivity index (χ0v) is 21.7. The van der Waals surface area contributed by atoms with Crippen LogP contribution in [-0.2, 0) is 14.6 Å². The average Bonchev–Trinajstić information content (AvgIpc) is 3.30. The maximum Gasteiger partial charge on any atom is 0.285 e. The summed E-state index contributed by atoms with van der Waals surface area (Å²) in [5.74, 6) is 1.17. The molecule has 3 aromatic carbocycles. The number of aryl methyl sites for hydroxylation is 1. The molecule has 0 unspecified atom stereocenters. The molecule has 0 N–H and O–H groups in total. The molecule has 186 valence electrons. The van der Waals surface area contributed by atoms with Gasteiger partial charge in [0.05, 0.1) is 23.2 Å². The number of hydrogen-bond acceptors (Lipinski definition) is 6. The Morgan fingerprint density at radius 1 is 1.06 bits per heavy atom. The van der Waals surface area contributed by atoms with E-state index in [1.54, 1.807) is 35.2 Å². The number of para-hydroxylation sites is 1. The van der Waals surface area contributed by atoms with Crippen LogP contribution >= 0.6 is 23.4 Å². The number of carbonyl (C=O) groups excluding carboxylic acids is 1. The molecular weight excluding hydrogens is 520 g/mol. The summed E-state index contributed by atoms with van der Waals surface area (Å²) < 4.78 is 36.7. The fraction of sp³-hybridized carbons (Fsp3) is 0.231. The lowest BCUT2D eigenvalue weighted by atomic mass is 10.2. The molecule has 36 heavy (non-hydrogen) atoms. The third-order valence-electron chi connectivity index (χ3n) is 5.79. The van der Waals surface area contributed by atoms with E-state index in [2.05, 4.69) is 4.99 Å². The van der Waals surface area contributed by atoms with Gasteiger partial charge in [0, 0.05) is 10.3 Å². The number of hydrogen-bond donors (Lipinski definition) is 0. The minimum Gasteiger partial charge on any atom is -0.484 e. The Hall–Kier alpha value is -3.01. The molecule has 0 radical (unpaired) electrons. The first-order chi connectivity index (χ1) is 17.3. The summed E-state index contributed by atoms with van der Waals surface area (Å²) in [6.45, 7) is 1.73. The van der Waals surface area contributed by atoms with Crippen molar-refractivity contribution in [1.82, 2.24) is 0 Å². The molecule has 7 nitrogen and oxygen atoms in total. The number of amidine groups is 1. The Bertz CT molecular complexity index is 1430. The van der Waals surface area contributed by atoms with E-state index >= 15 is 0 Å². The molecule has 2 heterocycles. The van der Waals surface area contributed by atoms with E-state index in [4.69, 9.17) is 21.1 Å². The molecule has 2 saturated heterocycles. The summed E-state index contributed by atoms with van der Waals surface area (Å²) in [7, 11) is -3.23. The number of sulfone groups is 1. The number of benzene rings is 3. The molecule has 2 fully saturated rings. The Labute approximate surface area is 219 Å². The monoisotopic (exact) mass is 542 g/mol. The number of aliphatic imine (C=N–C) groups is 1. The zero-order valence-electron chi connectivity index (χ0n) is 19.3. The van der Waals surface area contributed by atoms with E-state index in [1.165, 1.54) is 11.8 Å². The minimum atomic E-state index is -3.23. The van der Waals surface area contributed by atoms with E-state index in [0.29, 0.717) is 33.1 Å². The SMILES string of the molecule is Cc1cccc(Oc2ccc(Cl)cc2N2C(=NC(=O)COc3ccccc3)S[C@H]3CS(=O)(=O)C[C@H]32)c1. The van der Waals surface area contributed by atoms with Crippen LogP contribution in [0.25, 0.3) is 0 Å². The molecule has 0 bridgehead atoms. The predicted octanol–water partition coefficient (Wildman–Crippen LogP) is 5.12. The van der Waals surface area contributed by atoms with Crippen LogP contribution in [0, 0.1) is 6.92 Å². The van der Waals surface area contributed by atoms with Gasteiger partial charge in [-0.1, -0.05) is 53.7 Å². The van der Waals surface area contributed by atoms with Gasteiger partial charge in [0.1, 0.15) is 11.5 Å². The third kappa shape index (κ3) is 5.53. The van der Waals surface area contributed by atoms with Crippen molar-refractivity contribution in [2.24, 2.45) is 4.99 Å². The topological polar surface area (TPSA) is 85.3 Å². The second kappa shape index (κ2) is 10.2. The van der Waals surface area contributed by atoms with Crippen molar-refractivity contribution in [3.05, 3.63) is 83.4 Å². The number of anilines is 1. The van der Waals surface area contributed by atoms with E-state index in [9.17, 15) is 13.2 Å². The third-order valence-corrected chi connectivity index (χ3v) is 9.24. The molecule has 10 heteroatoms. The largest absolute Gasteiger partial charge is 0.484 e. The van der Waals surface area contributed by atoms with Gasteiger partial charge in [0.15, 0.2) is 27.4 Å². The van der Waals surface area contributed by atoms with Crippen LogP contribution in [0.5, 0.6) is 17.2 Å². The number of ether oxygens (including phenoxy) is 2. The van der Waals surface area contributed by atoms with Crippen LogP contribution in [0.1, 0.15) is 5.56 Å². The smallest absolute Gasteiger partial charge is 0.285 e. The second-order valence-corrected chi connectivity index (χ2v) is 12.4. The molecule has 0 aliphatic carbocycles. The molecule has 3 aromatic rings. The molecular formula is C26H23ClN2O5S2. The lowest BCUT2D eigenvalue weighted by Gasteiger charge is -2.27. The van der Waals surface area contributed by atoms with Crippen molar-refractivity contribution in [2.45, 2.75) is 18.2 Å². The van der Waals surface area contributed by atoms with Gasteiger partial charge in [-0.05, 0) is 55.0 Å². The Morgan fingerprint density at radius 2 is 1.83 bits per heavy atom. The van der Waals surface area contributed by atoms with E-state index in [0.717, 1.165) is 5.56 Å². The van der Waals surface area contributed by atoms with Crippen molar-refractivity contribution in [1.29, 1.82) is 0 Å². The quantitative estimate of drug-likeness (QED) is 0.427. The molecule has 0 saturated carbocycles. The van der Waals surface area contributed by atoms with Crippen molar-refractivity contribution < 1.29 is 22.7 Å². The maximum atomic E-state index is 12.7. The lowest BCUT2D eigenvalue weighted by Crippen LogP contribution is -2.38. The number of fused-ring (bicyclic) bond motifs is 1. The van der Waals surface area contributed by atoms with Gasteiger partial charge in [0.25, 0.3) is 5.91 Å². The molecule has 0 spiro atoms. The highest BCUT2D eigenvalue weighted by molar-refractivity contribution is 8.16. The van der Waals surface area contributed by atoms with Crippen molar-refractivity contribution in [3.8, 4) is 17.2 Å². The van der Waals surface area contributed by atoms with Gasteiger partial charge in [-0.3, -0.25) is 4.79 Å². The maximum absolute atomic E-state index is 12.7. The number of thioether (sulfide) groups is 1. The first-order valence-corrected chi connectivity index (χ1v) is 14.3. The summed E-state index contributed by atoms with van der Waals surface area (Å²) in [6, 6.07) is 21.4. The number of nitrogens with zero attached hydrogens (tertiary/aromatic N) is 2. The predicted molar refractivity (Wildman–Crippen MR) is 143 cm³/mol. The highest BCUT2D eigenvalue weighted by Crippen LogP contribution is 2.45. The summed E-state index contributed by atoms with van der Waals surface area (Å²) in [5, 5.41) is 0.592. The van der Waals surface area contributed by atoms with Crippen LogP contribution in [-0.4, -0.2) is 48.9 Å². The van der Waals surface area contributed by atoms with Crippen LogP contribution in [0.4, 0.5) is 5.69 Å². The zero-order chi connectivity index (χ0) is 25.3. The lowest BCUT2D eigenvalue weighted by molar-refractivity contribution is -0.119. The molecule has 5 rings (SSSR count). The summed E-state index contributed by atoms with van der Waals surface area (Å²) in [5.41, 5.74) is 1.59. The Kier molecular flexibility index (Phi) is 6.96. The van der Waals surface area contributed by atoms with Gasteiger partial charge >= 0.3 is 0 Å². The summed E-state index contributed by atoms with van der Waals surface area (Å²) in [6.07, 6.45) is 0. The average molecular weight is 543 g/mol. The fourth-order valence-electron chi connectivity index (χ4n) is 4.22. The van der Waals surface area contributed by atoms with E-state index in [1.807, 2.05) is 49.4 Å². The first-order valence-electron chi connectivity index (χ1n) is 11.3. The van der Waals surface area contributed by atoms with Gasteiger partial charge in [-0.15, -0.1) is 0 Å². The van der Waals surface area contributed by atoms with Gasteiger partial charge in [-0.2, -0.15) is 4.99 Å². The van der Waals surface area contributed by atoms with Gasteiger partial charge in [0.2, 0.25) is 0 Å². The molecule has 2 atom stereocenters. The number of carbonyl (C=O) groups is 1. The van der Waals surface area contributed by atoms with E-state index in [-0.39, 0.29) is 23.4 Å². The highest BCUT2D eigenvalue weighted by Gasteiger charge is 2.50. The second-order valence-electron chi connectivity index (χ2n) is 8.59. The normalized spacial score (nSPS) is 21.4. The minimum absolute atomic E-state index is 0.0151. The Morgan fingerprint density at radius 3 is 2.61 bits per heavy atom. The number of rotatable bonds is 6. The molecule has 1 amide bonds. The first kappa shape index (κ1) is 24.7. The van der Waals surface area contributed by atoms with Crippen molar-refractivity contribution in [3.63, 3.8) is 0 Å². The van der Waals surface area contributed by atoms with Crippen LogP contribution in [0.2, 0.25) is 5.02 Å². The number of halogens is 1. The van der Waals surface area contributed by atoms with Crippen LogP contribution < -0.4 is 14.4 Å². The fourth-order valence-corrected chi connectivity index (χ4v) is 8.31. The van der Waals surface area contributed by atoms with E-state index < -0.39 is 21.8 Å². The Balaban J connectivity index is 1.48. The van der Waals surface area contributed by atoms with Gasteiger partial charge < -0.3 is 14.4 Å². The van der Waals surface area contributed by atoms with Crippen LogP contribution in [0.15, 0.2) is 77.8 Å². The van der Waals surface area contributed by atoms with Gasteiger partial charge in [-0.25, -0.2) is 8.42 Å². The standard InChI is InChI=1S/C26H23ClN2O5S2/c1-17-6-5-9-20(12-17)34-23-11-10-18(27)13-21(23)29-22-15-36(31,32)16-24(22)35-26(29)28-25(30)14-33-19-7-3-2-4-8-19/h2-13,22,24H,14-16H2,1H3/t22-,24+/m1/s1. The summed E-state index contributed by atoms with van der Waals surface area (Å²) >= 11 is 7.64. The number of amides is 1. The highest BCUT2D eigenvalue weighted by atomic mass is 35.5. The summed E-state index contributed by atoms with van der Waals surface area (Å²) in [4.78, 5) is 18.8. The van der Waals surface area contributed by atoms with Crippen LogP contribution in [0.3, 0.4) is 0 Å². The van der Waals surface area contributed by atoms with Crippen molar-refractivity contribution in [2.75, 3.05) is 23.0 Å².